The van der Waals surface area contributed by atoms with Crippen molar-refractivity contribution in [3.8, 4) is 17.0 Å². The van der Waals surface area contributed by atoms with E-state index in [0.29, 0.717) is 32.0 Å². The number of fused-ring (bicyclic) bond motifs is 2. The van der Waals surface area contributed by atoms with E-state index >= 15 is 4.39 Å². The number of carbonyl (C=O) groups is 2. The zero-order valence-corrected chi connectivity index (χ0v) is 23.1. The number of anilines is 1. The third-order valence-corrected chi connectivity index (χ3v) is 8.35. The van der Waals surface area contributed by atoms with Crippen LogP contribution in [0.25, 0.3) is 11.3 Å². The highest BCUT2D eigenvalue weighted by atomic mass is 35.5. The SMILES string of the molecule is C=CC(=O)N1CCN2C(=O)c3c(N4CC(NC)CC4(C)C)nc(-c4c(F)cccc4Cl)c(Cl)c3OCC2C1. The molecule has 1 aromatic heterocycles. The van der Waals surface area contributed by atoms with Gasteiger partial charge in [0, 0.05) is 37.8 Å². The lowest BCUT2D eigenvalue weighted by atomic mass is 9.99. The first-order chi connectivity index (χ1) is 18.1. The lowest BCUT2D eigenvalue weighted by Gasteiger charge is -2.40. The second-order valence-electron chi connectivity index (χ2n) is 10.5. The Bertz CT molecular complexity index is 1300. The lowest BCUT2D eigenvalue weighted by molar-refractivity contribution is -0.128. The summed E-state index contributed by atoms with van der Waals surface area (Å²) in [6.07, 6.45) is 2.07. The maximum Gasteiger partial charge on any atom is 0.261 e. The molecule has 8 nitrogen and oxygen atoms in total. The number of hydrogen-bond acceptors (Lipinski definition) is 6. The van der Waals surface area contributed by atoms with Gasteiger partial charge < -0.3 is 24.8 Å². The van der Waals surface area contributed by atoms with Gasteiger partial charge in [0.05, 0.1) is 22.3 Å². The Morgan fingerprint density at radius 1 is 1.26 bits per heavy atom. The number of ether oxygens (including phenoxy) is 1. The van der Waals surface area contributed by atoms with Gasteiger partial charge in [-0.3, -0.25) is 9.59 Å². The predicted molar refractivity (Wildman–Crippen MR) is 146 cm³/mol. The molecule has 2 atom stereocenters. The number of hydrogen-bond donors (Lipinski definition) is 1. The summed E-state index contributed by atoms with van der Waals surface area (Å²) < 4.78 is 21.3. The van der Waals surface area contributed by atoms with Gasteiger partial charge in [0.2, 0.25) is 5.91 Å². The first-order valence-electron chi connectivity index (χ1n) is 12.5. The highest BCUT2D eigenvalue weighted by molar-refractivity contribution is 6.37. The van der Waals surface area contributed by atoms with Crippen LogP contribution in [0.4, 0.5) is 10.2 Å². The minimum atomic E-state index is -0.581. The fourth-order valence-corrected chi connectivity index (χ4v) is 6.21. The van der Waals surface area contributed by atoms with E-state index in [1.807, 2.05) is 7.05 Å². The van der Waals surface area contributed by atoms with Gasteiger partial charge in [0.1, 0.15) is 28.8 Å². The summed E-state index contributed by atoms with van der Waals surface area (Å²) in [4.78, 5) is 36.7. The van der Waals surface area contributed by atoms with E-state index in [2.05, 4.69) is 30.6 Å². The molecule has 3 aliphatic heterocycles. The molecule has 4 heterocycles. The Morgan fingerprint density at radius 2 is 2.03 bits per heavy atom. The van der Waals surface area contributed by atoms with Gasteiger partial charge in [-0.1, -0.05) is 35.8 Å². The number of nitrogens with zero attached hydrogens (tertiary/aromatic N) is 4. The van der Waals surface area contributed by atoms with Crippen LogP contribution in [0.3, 0.4) is 0 Å². The molecule has 0 saturated carbocycles. The Morgan fingerprint density at radius 3 is 2.68 bits per heavy atom. The van der Waals surface area contributed by atoms with Crippen molar-refractivity contribution in [3.63, 3.8) is 0 Å². The smallest absolute Gasteiger partial charge is 0.261 e. The van der Waals surface area contributed by atoms with Gasteiger partial charge in [0.15, 0.2) is 5.75 Å². The van der Waals surface area contributed by atoms with Gasteiger partial charge in [-0.2, -0.15) is 0 Å². The Hall–Kier alpha value is -2.88. The number of carbonyl (C=O) groups excluding carboxylic acids is 2. The topological polar surface area (TPSA) is 78.0 Å². The number of benzene rings is 1. The van der Waals surface area contributed by atoms with Crippen molar-refractivity contribution >= 4 is 40.8 Å². The summed E-state index contributed by atoms with van der Waals surface area (Å²) in [5.41, 5.74) is 0.0242. The average Bonchev–Trinajstić information content (AvgIpc) is 3.12. The van der Waals surface area contributed by atoms with Crippen molar-refractivity contribution in [2.24, 2.45) is 0 Å². The van der Waals surface area contributed by atoms with Crippen LogP contribution in [-0.2, 0) is 4.79 Å². The van der Waals surface area contributed by atoms with Gasteiger partial charge in [-0.25, -0.2) is 9.37 Å². The summed E-state index contributed by atoms with van der Waals surface area (Å²) in [7, 11) is 1.90. The van der Waals surface area contributed by atoms with Gasteiger partial charge >= 0.3 is 0 Å². The molecule has 0 spiro atoms. The number of rotatable bonds is 4. The molecule has 3 aliphatic rings. The van der Waals surface area contributed by atoms with E-state index in [1.54, 1.807) is 15.9 Å². The molecule has 2 aromatic rings. The fraction of sp³-hybridized carbons (Fsp3) is 0.444. The zero-order chi connectivity index (χ0) is 27.4. The number of amides is 2. The molecule has 2 saturated heterocycles. The van der Waals surface area contributed by atoms with E-state index in [-0.39, 0.29) is 62.6 Å². The maximum absolute atomic E-state index is 15.1. The largest absolute Gasteiger partial charge is 0.489 e. The van der Waals surface area contributed by atoms with E-state index in [4.69, 9.17) is 32.9 Å². The Labute approximate surface area is 231 Å². The molecule has 1 N–H and O–H groups in total. The molecule has 1 aromatic carbocycles. The van der Waals surface area contributed by atoms with Crippen LogP contribution in [0.5, 0.6) is 5.75 Å². The lowest BCUT2D eigenvalue weighted by Crippen LogP contribution is -2.57. The average molecular weight is 562 g/mol. The van der Waals surface area contributed by atoms with Gasteiger partial charge in [0.25, 0.3) is 5.91 Å². The van der Waals surface area contributed by atoms with Gasteiger partial charge in [-0.05, 0) is 45.5 Å². The molecule has 2 amide bonds. The van der Waals surface area contributed by atoms with Crippen LogP contribution in [0.15, 0.2) is 30.9 Å². The number of aromatic nitrogens is 1. The van der Waals surface area contributed by atoms with Crippen molar-refractivity contribution in [1.29, 1.82) is 0 Å². The van der Waals surface area contributed by atoms with E-state index in [0.717, 1.165) is 6.42 Å². The summed E-state index contributed by atoms with van der Waals surface area (Å²) >= 11 is 13.3. The summed E-state index contributed by atoms with van der Waals surface area (Å²) in [5, 5.41) is 3.48. The predicted octanol–water partition coefficient (Wildman–Crippen LogP) is 4.00. The maximum atomic E-state index is 15.1. The Kier molecular flexibility index (Phi) is 7.04. The quantitative estimate of drug-likeness (QED) is 0.568. The summed E-state index contributed by atoms with van der Waals surface area (Å²) in [6.45, 7) is 9.41. The van der Waals surface area contributed by atoms with Crippen LogP contribution in [0.1, 0.15) is 30.6 Å². The van der Waals surface area contributed by atoms with E-state index < -0.39 is 11.9 Å². The third kappa shape index (κ3) is 4.40. The van der Waals surface area contributed by atoms with Crippen molar-refractivity contribution in [1.82, 2.24) is 20.1 Å². The minimum absolute atomic E-state index is 0.0186. The first kappa shape index (κ1) is 26.7. The number of piperazine rings is 1. The van der Waals surface area contributed by atoms with Crippen molar-refractivity contribution in [2.75, 3.05) is 44.7 Å². The molecule has 38 heavy (non-hydrogen) atoms. The minimum Gasteiger partial charge on any atom is -0.489 e. The molecule has 0 radical (unpaired) electrons. The standard InChI is InChI=1S/C27H30Cl2FN5O3/c1-5-19(36)33-9-10-34-16(13-33)14-38-24-21(26(34)37)25(35-12-15(31-4)11-27(35,2)3)32-23(22(24)29)20-17(28)7-6-8-18(20)30/h5-8,15-16,31H,1,9-14H2,2-4H3. The van der Waals surface area contributed by atoms with Crippen LogP contribution >= 0.6 is 23.2 Å². The number of pyridine rings is 1. The highest BCUT2D eigenvalue weighted by Crippen LogP contribution is 2.47. The molecular weight excluding hydrogens is 532 g/mol. The molecule has 2 unspecified atom stereocenters. The molecule has 202 valence electrons. The number of halogens is 3. The van der Waals surface area contributed by atoms with Crippen molar-refractivity contribution in [3.05, 3.63) is 52.3 Å². The van der Waals surface area contributed by atoms with Crippen molar-refractivity contribution < 1.29 is 18.7 Å². The molecule has 0 aliphatic carbocycles. The van der Waals surface area contributed by atoms with Crippen LogP contribution in [0, 0.1) is 5.82 Å². The number of likely N-dealkylation sites (N-methyl/N-ethyl adjacent to an activating group) is 1. The number of nitrogens with one attached hydrogen (secondary N) is 1. The first-order valence-corrected chi connectivity index (χ1v) is 13.3. The molecule has 5 rings (SSSR count). The molecule has 11 heteroatoms. The monoisotopic (exact) mass is 561 g/mol. The van der Waals surface area contributed by atoms with E-state index in [9.17, 15) is 9.59 Å². The summed E-state index contributed by atoms with van der Waals surface area (Å²) in [5.74, 6) is -0.546. The third-order valence-electron chi connectivity index (χ3n) is 7.68. The van der Waals surface area contributed by atoms with Crippen LogP contribution in [-0.4, -0.2) is 84.1 Å². The molecule has 0 bridgehead atoms. The highest BCUT2D eigenvalue weighted by Gasteiger charge is 2.45. The van der Waals surface area contributed by atoms with Crippen LogP contribution < -0.4 is 15.0 Å². The van der Waals surface area contributed by atoms with Crippen LogP contribution in [0.2, 0.25) is 10.0 Å². The van der Waals surface area contributed by atoms with Gasteiger partial charge in [-0.15, -0.1) is 0 Å². The summed E-state index contributed by atoms with van der Waals surface area (Å²) in [6, 6.07) is 4.13. The molecule has 2 fully saturated rings. The molecular formula is C27H30Cl2FN5O3. The van der Waals surface area contributed by atoms with E-state index in [1.165, 1.54) is 18.2 Å². The Balaban J connectivity index is 1.70. The zero-order valence-electron chi connectivity index (χ0n) is 21.6. The normalized spacial score (nSPS) is 22.5. The fourth-order valence-electron chi connectivity index (χ4n) is 5.67. The second kappa shape index (κ2) is 10.0. The van der Waals surface area contributed by atoms with Crippen molar-refractivity contribution in [2.45, 2.75) is 37.9 Å². The second-order valence-corrected chi connectivity index (χ2v) is 11.2.